The van der Waals surface area contributed by atoms with Crippen molar-refractivity contribution in [3.05, 3.63) is 12.7 Å². The molecule has 4 nitrogen and oxygen atoms in total. The molecule has 4 atom stereocenters. The SMILES string of the molecule is C=CC(=O)N[C@@H]1C[C@H]2C[C@@H]1C[C@H]2C(=O)OC. The largest absolute Gasteiger partial charge is 0.469 e. The summed E-state index contributed by atoms with van der Waals surface area (Å²) in [4.78, 5) is 22.7. The van der Waals surface area contributed by atoms with Crippen molar-refractivity contribution in [3.63, 3.8) is 0 Å². The molecule has 2 bridgehead atoms. The molecule has 88 valence electrons. The Morgan fingerprint density at radius 2 is 2.06 bits per heavy atom. The Bertz CT molecular complexity index is 326. The van der Waals surface area contributed by atoms with E-state index in [1.54, 1.807) is 0 Å². The van der Waals surface area contributed by atoms with Gasteiger partial charge in [-0.2, -0.15) is 0 Å². The summed E-state index contributed by atoms with van der Waals surface area (Å²) in [5.41, 5.74) is 0. The summed E-state index contributed by atoms with van der Waals surface area (Å²) in [7, 11) is 1.44. The molecule has 0 heterocycles. The first kappa shape index (κ1) is 11.2. The van der Waals surface area contributed by atoms with Crippen molar-refractivity contribution in [1.29, 1.82) is 0 Å². The number of nitrogens with one attached hydrogen (secondary N) is 1. The van der Waals surface area contributed by atoms with E-state index in [9.17, 15) is 9.59 Å². The third-order valence-electron chi connectivity index (χ3n) is 3.87. The molecule has 0 aromatic rings. The minimum Gasteiger partial charge on any atom is -0.469 e. The van der Waals surface area contributed by atoms with Gasteiger partial charge in [0.1, 0.15) is 0 Å². The van der Waals surface area contributed by atoms with Crippen molar-refractivity contribution in [2.75, 3.05) is 7.11 Å². The molecular weight excluding hydrogens is 206 g/mol. The molecule has 2 fully saturated rings. The van der Waals surface area contributed by atoms with Crippen molar-refractivity contribution in [2.45, 2.75) is 25.3 Å². The van der Waals surface area contributed by atoms with E-state index in [1.165, 1.54) is 13.2 Å². The smallest absolute Gasteiger partial charge is 0.308 e. The number of hydrogen-bond acceptors (Lipinski definition) is 3. The van der Waals surface area contributed by atoms with Crippen LogP contribution in [0.25, 0.3) is 0 Å². The van der Waals surface area contributed by atoms with Gasteiger partial charge in [0.05, 0.1) is 13.0 Å². The van der Waals surface area contributed by atoms with Gasteiger partial charge in [-0.05, 0) is 37.2 Å². The lowest BCUT2D eigenvalue weighted by Crippen LogP contribution is -2.40. The lowest BCUT2D eigenvalue weighted by molar-refractivity contribution is -0.147. The number of amides is 1. The number of hydrogen-bond donors (Lipinski definition) is 1. The number of carbonyl (C=O) groups is 2. The van der Waals surface area contributed by atoms with Gasteiger partial charge >= 0.3 is 5.97 Å². The van der Waals surface area contributed by atoms with Crippen LogP contribution in [0.1, 0.15) is 19.3 Å². The molecule has 2 aliphatic carbocycles. The van der Waals surface area contributed by atoms with E-state index < -0.39 is 0 Å². The van der Waals surface area contributed by atoms with Crippen molar-refractivity contribution in [3.8, 4) is 0 Å². The van der Waals surface area contributed by atoms with E-state index in [0.717, 1.165) is 19.3 Å². The molecule has 2 saturated carbocycles. The Labute approximate surface area is 95.0 Å². The summed E-state index contributed by atoms with van der Waals surface area (Å²) in [5, 5.41) is 2.93. The summed E-state index contributed by atoms with van der Waals surface area (Å²) >= 11 is 0. The molecule has 0 radical (unpaired) electrons. The number of methoxy groups -OCH3 is 1. The maximum absolute atomic E-state index is 11.5. The average Bonchev–Trinajstić information content (AvgIpc) is 2.87. The molecule has 4 heteroatoms. The van der Waals surface area contributed by atoms with E-state index >= 15 is 0 Å². The molecule has 0 spiro atoms. The molecule has 2 rings (SSSR count). The number of carbonyl (C=O) groups excluding carboxylic acids is 2. The first-order valence-electron chi connectivity index (χ1n) is 5.66. The van der Waals surface area contributed by atoms with Crippen LogP contribution < -0.4 is 5.32 Å². The van der Waals surface area contributed by atoms with Crippen LogP contribution in [0.4, 0.5) is 0 Å². The van der Waals surface area contributed by atoms with E-state index in [-0.39, 0.29) is 23.8 Å². The fourth-order valence-electron chi connectivity index (χ4n) is 3.13. The van der Waals surface area contributed by atoms with Gasteiger partial charge < -0.3 is 10.1 Å². The average molecular weight is 223 g/mol. The van der Waals surface area contributed by atoms with Gasteiger partial charge in [-0.1, -0.05) is 6.58 Å². The van der Waals surface area contributed by atoms with Gasteiger partial charge in [-0.3, -0.25) is 9.59 Å². The fourth-order valence-corrected chi connectivity index (χ4v) is 3.13. The van der Waals surface area contributed by atoms with Crippen LogP contribution in [0.2, 0.25) is 0 Å². The van der Waals surface area contributed by atoms with E-state index in [2.05, 4.69) is 11.9 Å². The van der Waals surface area contributed by atoms with Gasteiger partial charge in [0.15, 0.2) is 0 Å². The Balaban J connectivity index is 1.93. The number of fused-ring (bicyclic) bond motifs is 2. The van der Waals surface area contributed by atoms with Crippen molar-refractivity contribution in [2.24, 2.45) is 17.8 Å². The molecule has 16 heavy (non-hydrogen) atoms. The number of rotatable bonds is 3. The highest BCUT2D eigenvalue weighted by atomic mass is 16.5. The van der Waals surface area contributed by atoms with Crippen LogP contribution in [-0.4, -0.2) is 25.0 Å². The highest BCUT2D eigenvalue weighted by Crippen LogP contribution is 2.48. The second kappa shape index (κ2) is 4.28. The van der Waals surface area contributed by atoms with Crippen LogP contribution in [0.15, 0.2) is 12.7 Å². The van der Waals surface area contributed by atoms with Gasteiger partial charge in [0.2, 0.25) is 5.91 Å². The quantitative estimate of drug-likeness (QED) is 0.570. The molecular formula is C12H17NO3. The Kier molecular flexibility index (Phi) is 2.99. The third-order valence-corrected chi connectivity index (χ3v) is 3.87. The molecule has 0 saturated heterocycles. The van der Waals surface area contributed by atoms with Gasteiger partial charge in [0, 0.05) is 6.04 Å². The van der Waals surface area contributed by atoms with Crippen LogP contribution in [0, 0.1) is 17.8 Å². The summed E-state index contributed by atoms with van der Waals surface area (Å²) in [6.07, 6.45) is 4.06. The highest BCUT2D eigenvalue weighted by molar-refractivity contribution is 5.87. The van der Waals surface area contributed by atoms with Crippen LogP contribution in [0.3, 0.4) is 0 Å². The van der Waals surface area contributed by atoms with Crippen molar-refractivity contribution < 1.29 is 14.3 Å². The van der Waals surface area contributed by atoms with Crippen LogP contribution >= 0.6 is 0 Å². The monoisotopic (exact) mass is 223 g/mol. The standard InChI is InChI=1S/C12H17NO3/c1-3-11(14)13-10-6-7-4-8(10)5-9(7)12(15)16-2/h3,7-10H,1,4-6H2,2H3,(H,13,14)/t7-,8-,9-,10-/m1/s1. The van der Waals surface area contributed by atoms with E-state index in [4.69, 9.17) is 4.74 Å². The first-order chi connectivity index (χ1) is 7.65. The van der Waals surface area contributed by atoms with Crippen LogP contribution in [-0.2, 0) is 14.3 Å². The Morgan fingerprint density at radius 1 is 1.31 bits per heavy atom. The first-order valence-corrected chi connectivity index (χ1v) is 5.66. The topological polar surface area (TPSA) is 55.4 Å². The van der Waals surface area contributed by atoms with Crippen LogP contribution in [0.5, 0.6) is 0 Å². The number of esters is 1. The fraction of sp³-hybridized carbons (Fsp3) is 0.667. The zero-order chi connectivity index (χ0) is 11.7. The molecule has 2 aliphatic rings. The van der Waals surface area contributed by atoms with Crippen molar-refractivity contribution >= 4 is 11.9 Å². The Hall–Kier alpha value is -1.32. The number of ether oxygens (including phenoxy) is 1. The zero-order valence-corrected chi connectivity index (χ0v) is 9.44. The normalized spacial score (nSPS) is 35.8. The maximum atomic E-state index is 11.5. The molecule has 1 amide bonds. The summed E-state index contributed by atoms with van der Waals surface area (Å²) in [6.45, 7) is 3.44. The molecule has 0 aromatic heterocycles. The minimum atomic E-state index is -0.118. The minimum absolute atomic E-state index is 0.0480. The van der Waals surface area contributed by atoms with Crippen molar-refractivity contribution in [1.82, 2.24) is 5.32 Å². The van der Waals surface area contributed by atoms with Gasteiger partial charge in [-0.15, -0.1) is 0 Å². The highest BCUT2D eigenvalue weighted by Gasteiger charge is 2.49. The van der Waals surface area contributed by atoms with E-state index in [1.807, 2.05) is 0 Å². The summed E-state index contributed by atoms with van der Waals surface area (Å²) in [6, 6.07) is 0.219. The van der Waals surface area contributed by atoms with Gasteiger partial charge in [0.25, 0.3) is 0 Å². The predicted octanol–water partition coefficient (Wildman–Crippen LogP) is 0.876. The predicted molar refractivity (Wildman–Crippen MR) is 58.5 cm³/mol. The third kappa shape index (κ3) is 1.84. The van der Waals surface area contributed by atoms with Gasteiger partial charge in [-0.25, -0.2) is 0 Å². The summed E-state index contributed by atoms with van der Waals surface area (Å²) in [5.74, 6) is 0.644. The van der Waals surface area contributed by atoms with E-state index in [0.29, 0.717) is 11.8 Å². The lowest BCUT2D eigenvalue weighted by atomic mass is 9.86. The summed E-state index contributed by atoms with van der Waals surface area (Å²) < 4.78 is 4.78. The molecule has 0 aliphatic heterocycles. The Morgan fingerprint density at radius 3 is 2.56 bits per heavy atom. The molecule has 0 aromatic carbocycles. The molecule has 1 N–H and O–H groups in total. The molecule has 0 unspecified atom stereocenters. The second-order valence-corrected chi connectivity index (χ2v) is 4.68. The maximum Gasteiger partial charge on any atom is 0.308 e. The second-order valence-electron chi connectivity index (χ2n) is 4.68. The zero-order valence-electron chi connectivity index (χ0n) is 9.44. The lowest BCUT2D eigenvalue weighted by Gasteiger charge is -2.26.